The molecule has 0 bridgehead atoms. The van der Waals surface area contributed by atoms with Gasteiger partial charge in [-0.25, -0.2) is 4.79 Å². The van der Waals surface area contributed by atoms with Crippen molar-refractivity contribution in [3.8, 4) is 0 Å². The first-order chi connectivity index (χ1) is 7.94. The van der Waals surface area contributed by atoms with Crippen molar-refractivity contribution in [3.63, 3.8) is 0 Å². The predicted octanol–water partition coefficient (Wildman–Crippen LogP) is 3.34. The van der Waals surface area contributed by atoms with Crippen LogP contribution in [-0.4, -0.2) is 36.4 Å². The van der Waals surface area contributed by atoms with Gasteiger partial charge in [0, 0.05) is 12.6 Å². The average molecular weight is 253 g/mol. The van der Waals surface area contributed by atoms with Crippen LogP contribution in [0.5, 0.6) is 0 Å². The van der Waals surface area contributed by atoms with Crippen LogP contribution < -0.4 is 0 Å². The van der Waals surface area contributed by atoms with E-state index in [1.807, 2.05) is 0 Å². The van der Waals surface area contributed by atoms with Gasteiger partial charge in [-0.15, -0.1) is 0 Å². The minimum absolute atomic E-state index is 0.0366. The maximum atomic E-state index is 11.9. The molecule has 0 N–H and O–H groups in total. The summed E-state index contributed by atoms with van der Waals surface area (Å²) in [6.07, 6.45) is -0.421. The number of amides is 1. The minimum Gasteiger partial charge on any atom is -0.440 e. The fourth-order valence-corrected chi connectivity index (χ4v) is 2.16. The molecule has 0 aliphatic heterocycles. The first kappa shape index (κ1) is 14.1. The summed E-state index contributed by atoms with van der Waals surface area (Å²) in [5, 5.41) is 0. The molecule has 0 aromatic carbocycles. The van der Waals surface area contributed by atoms with Gasteiger partial charge in [0.15, 0.2) is 6.61 Å². The smallest absolute Gasteiger partial charge is 0.422 e. The monoisotopic (exact) mass is 253 g/mol. The number of ether oxygens (including phenoxy) is 1. The number of carbonyl (C=O) groups is 1. The Kier molecular flexibility index (Phi) is 5.08. The van der Waals surface area contributed by atoms with Crippen molar-refractivity contribution in [1.29, 1.82) is 0 Å². The van der Waals surface area contributed by atoms with Gasteiger partial charge in [0.1, 0.15) is 0 Å². The molecule has 0 aromatic heterocycles. The standard InChI is InChI=1S/C11H18F3NO2/c1-2-15(9-6-4-3-5-7-9)10(16)17-8-11(12,13)14/h9H,2-8H2,1H3. The van der Waals surface area contributed by atoms with E-state index in [4.69, 9.17) is 0 Å². The molecule has 1 aliphatic rings. The molecule has 0 spiro atoms. The largest absolute Gasteiger partial charge is 0.440 e. The van der Waals surface area contributed by atoms with Gasteiger partial charge in [0.2, 0.25) is 0 Å². The number of carbonyl (C=O) groups excluding carboxylic acids is 1. The second-order valence-corrected chi connectivity index (χ2v) is 4.25. The van der Waals surface area contributed by atoms with Gasteiger partial charge in [-0.1, -0.05) is 19.3 Å². The Hall–Kier alpha value is -0.940. The van der Waals surface area contributed by atoms with Crippen molar-refractivity contribution in [2.45, 2.75) is 51.2 Å². The second kappa shape index (κ2) is 6.12. The second-order valence-electron chi connectivity index (χ2n) is 4.25. The Morgan fingerprint density at radius 3 is 2.35 bits per heavy atom. The SMILES string of the molecule is CCN(C(=O)OCC(F)(F)F)C1CCCCC1. The van der Waals surface area contributed by atoms with E-state index in [1.54, 1.807) is 6.92 Å². The normalized spacial score (nSPS) is 17.9. The van der Waals surface area contributed by atoms with Crippen molar-refractivity contribution >= 4 is 6.09 Å². The van der Waals surface area contributed by atoms with Crippen LogP contribution >= 0.6 is 0 Å². The van der Waals surface area contributed by atoms with Crippen molar-refractivity contribution < 1.29 is 22.7 Å². The zero-order valence-electron chi connectivity index (χ0n) is 9.92. The molecule has 6 heteroatoms. The molecule has 0 aromatic rings. The number of nitrogens with zero attached hydrogens (tertiary/aromatic N) is 1. The number of hydrogen-bond acceptors (Lipinski definition) is 2. The van der Waals surface area contributed by atoms with Gasteiger partial charge in [0.25, 0.3) is 0 Å². The summed E-state index contributed by atoms with van der Waals surface area (Å²) in [6, 6.07) is 0.0366. The summed E-state index contributed by atoms with van der Waals surface area (Å²) in [5.74, 6) is 0. The van der Waals surface area contributed by atoms with Crippen LogP contribution in [0.15, 0.2) is 0 Å². The predicted molar refractivity (Wildman–Crippen MR) is 56.7 cm³/mol. The molecule has 1 amide bonds. The molecule has 0 saturated heterocycles. The van der Waals surface area contributed by atoms with E-state index in [-0.39, 0.29) is 6.04 Å². The molecule has 1 aliphatic carbocycles. The highest BCUT2D eigenvalue weighted by atomic mass is 19.4. The fraction of sp³-hybridized carbons (Fsp3) is 0.909. The number of rotatable bonds is 3. The lowest BCUT2D eigenvalue weighted by atomic mass is 9.94. The molecule has 1 fully saturated rings. The number of hydrogen-bond donors (Lipinski definition) is 0. The maximum absolute atomic E-state index is 11.9. The average Bonchev–Trinajstić information content (AvgIpc) is 2.28. The van der Waals surface area contributed by atoms with E-state index in [1.165, 1.54) is 4.90 Å². The van der Waals surface area contributed by atoms with Crippen molar-refractivity contribution in [1.82, 2.24) is 4.90 Å². The molecule has 0 unspecified atom stereocenters. The fourth-order valence-electron chi connectivity index (χ4n) is 2.16. The molecule has 3 nitrogen and oxygen atoms in total. The van der Waals surface area contributed by atoms with Crippen molar-refractivity contribution in [3.05, 3.63) is 0 Å². The third-order valence-corrected chi connectivity index (χ3v) is 2.95. The zero-order chi connectivity index (χ0) is 12.9. The molecule has 0 heterocycles. The van der Waals surface area contributed by atoms with Crippen LogP contribution in [0.3, 0.4) is 0 Å². The highest BCUT2D eigenvalue weighted by Gasteiger charge is 2.32. The van der Waals surface area contributed by atoms with E-state index in [2.05, 4.69) is 4.74 Å². The van der Waals surface area contributed by atoms with Crippen LogP contribution in [0.4, 0.5) is 18.0 Å². The van der Waals surface area contributed by atoms with Gasteiger partial charge in [-0.2, -0.15) is 13.2 Å². The molecule has 1 saturated carbocycles. The number of alkyl halides is 3. The lowest BCUT2D eigenvalue weighted by Crippen LogP contribution is -2.42. The Morgan fingerprint density at radius 1 is 1.29 bits per heavy atom. The zero-order valence-corrected chi connectivity index (χ0v) is 9.92. The van der Waals surface area contributed by atoms with E-state index in [0.29, 0.717) is 6.54 Å². The van der Waals surface area contributed by atoms with Gasteiger partial charge in [-0.05, 0) is 19.8 Å². The Morgan fingerprint density at radius 2 is 1.88 bits per heavy atom. The van der Waals surface area contributed by atoms with Crippen LogP contribution in [0.25, 0.3) is 0 Å². The summed E-state index contributed by atoms with van der Waals surface area (Å²) in [4.78, 5) is 12.9. The van der Waals surface area contributed by atoms with E-state index >= 15 is 0 Å². The molecule has 0 radical (unpaired) electrons. The first-order valence-corrected chi connectivity index (χ1v) is 5.94. The van der Waals surface area contributed by atoms with Crippen molar-refractivity contribution in [2.75, 3.05) is 13.2 Å². The minimum atomic E-state index is -4.46. The van der Waals surface area contributed by atoms with Crippen LogP contribution in [-0.2, 0) is 4.74 Å². The quantitative estimate of drug-likeness (QED) is 0.772. The van der Waals surface area contributed by atoms with Gasteiger partial charge in [-0.3, -0.25) is 0 Å². The van der Waals surface area contributed by atoms with Gasteiger partial charge < -0.3 is 9.64 Å². The molecule has 17 heavy (non-hydrogen) atoms. The van der Waals surface area contributed by atoms with Gasteiger partial charge >= 0.3 is 12.3 Å². The van der Waals surface area contributed by atoms with E-state index < -0.39 is 18.9 Å². The Labute approximate surface area is 98.9 Å². The Balaban J connectivity index is 2.45. The molecular formula is C11H18F3NO2. The third-order valence-electron chi connectivity index (χ3n) is 2.95. The van der Waals surface area contributed by atoms with Crippen LogP contribution in [0.1, 0.15) is 39.0 Å². The molecular weight excluding hydrogens is 235 g/mol. The van der Waals surface area contributed by atoms with Gasteiger partial charge in [0.05, 0.1) is 0 Å². The summed E-state index contributed by atoms with van der Waals surface area (Å²) in [5.41, 5.74) is 0. The van der Waals surface area contributed by atoms with E-state index in [0.717, 1.165) is 32.1 Å². The highest BCUT2D eigenvalue weighted by molar-refractivity contribution is 5.68. The van der Waals surface area contributed by atoms with Crippen LogP contribution in [0, 0.1) is 0 Å². The van der Waals surface area contributed by atoms with Crippen molar-refractivity contribution in [2.24, 2.45) is 0 Å². The van der Waals surface area contributed by atoms with Crippen LogP contribution in [0.2, 0.25) is 0 Å². The third kappa shape index (κ3) is 4.83. The topological polar surface area (TPSA) is 29.5 Å². The highest BCUT2D eigenvalue weighted by Crippen LogP contribution is 2.23. The molecule has 100 valence electrons. The summed E-state index contributed by atoms with van der Waals surface area (Å²) >= 11 is 0. The van der Waals surface area contributed by atoms with E-state index in [9.17, 15) is 18.0 Å². The number of halogens is 3. The maximum Gasteiger partial charge on any atom is 0.422 e. The Bertz CT molecular complexity index is 250. The molecule has 1 rings (SSSR count). The molecule has 0 atom stereocenters. The summed E-state index contributed by atoms with van der Waals surface area (Å²) in [6.45, 7) is 0.639. The summed E-state index contributed by atoms with van der Waals surface area (Å²) in [7, 11) is 0. The first-order valence-electron chi connectivity index (χ1n) is 5.94. The summed E-state index contributed by atoms with van der Waals surface area (Å²) < 4.78 is 40.1. The lowest BCUT2D eigenvalue weighted by Gasteiger charge is -2.32. The lowest BCUT2D eigenvalue weighted by molar-refractivity contribution is -0.163.